The predicted octanol–water partition coefficient (Wildman–Crippen LogP) is 6.06. The molecule has 1 aromatic carbocycles. The average molecular weight is 632 g/mol. The fourth-order valence-corrected chi connectivity index (χ4v) is 4.69. The van der Waals surface area contributed by atoms with Crippen LogP contribution >= 0.6 is 22.6 Å². The van der Waals surface area contributed by atoms with E-state index in [0.29, 0.717) is 21.3 Å². The number of carbonyl (C=O) groups is 1. The predicted molar refractivity (Wildman–Crippen MR) is 145 cm³/mol. The quantitative estimate of drug-likeness (QED) is 0.171. The molecule has 0 atom stereocenters. The highest BCUT2D eigenvalue weighted by atomic mass is 127. The molecule has 0 aliphatic heterocycles. The number of fused-ring (bicyclic) bond motifs is 1. The molecule has 0 aliphatic rings. The normalized spacial score (nSPS) is 12.3. The van der Waals surface area contributed by atoms with Gasteiger partial charge in [-0.25, -0.2) is 28.2 Å². The van der Waals surface area contributed by atoms with Crippen molar-refractivity contribution in [3.8, 4) is 11.4 Å². The highest BCUT2D eigenvalue weighted by Gasteiger charge is 2.22. The third-order valence-electron chi connectivity index (χ3n) is 5.11. The smallest absolute Gasteiger partial charge is 0.410 e. The molecule has 0 spiro atoms. The topological polar surface area (TPSA) is 82.4 Å². The number of aromatic nitrogens is 4. The van der Waals surface area contributed by atoms with Crippen molar-refractivity contribution in [3.05, 3.63) is 39.2 Å². The molecular formula is C24H32F2IN5O3Si. The summed E-state index contributed by atoms with van der Waals surface area (Å²) in [5.74, 6) is -1.72. The van der Waals surface area contributed by atoms with E-state index in [2.05, 4.69) is 34.7 Å². The molecule has 0 aliphatic carbocycles. The van der Waals surface area contributed by atoms with Crippen molar-refractivity contribution in [2.75, 3.05) is 13.7 Å². The fourth-order valence-electron chi connectivity index (χ4n) is 3.28. The maximum atomic E-state index is 15.0. The lowest BCUT2D eigenvalue weighted by Crippen LogP contribution is -2.33. The zero-order chi connectivity index (χ0) is 26.8. The van der Waals surface area contributed by atoms with Crippen LogP contribution < -0.4 is 0 Å². The fraction of sp³-hybridized carbons (Fsp3) is 0.500. The van der Waals surface area contributed by atoms with Gasteiger partial charge in [-0.15, -0.1) is 0 Å². The van der Waals surface area contributed by atoms with E-state index in [9.17, 15) is 4.79 Å². The number of amides is 1. The second kappa shape index (κ2) is 11.0. The van der Waals surface area contributed by atoms with Crippen LogP contribution in [0.4, 0.5) is 13.6 Å². The lowest BCUT2D eigenvalue weighted by molar-refractivity contribution is 0.0284. The molecule has 1 amide bonds. The molecule has 0 saturated heterocycles. The Morgan fingerprint density at radius 3 is 2.42 bits per heavy atom. The molecule has 0 unspecified atom stereocenters. The summed E-state index contributed by atoms with van der Waals surface area (Å²) in [6.45, 7) is 12.9. The zero-order valence-corrected chi connectivity index (χ0v) is 24.8. The van der Waals surface area contributed by atoms with Gasteiger partial charge in [-0.3, -0.25) is 0 Å². The Morgan fingerprint density at radius 1 is 1.19 bits per heavy atom. The van der Waals surface area contributed by atoms with Crippen LogP contribution in [0.15, 0.2) is 18.3 Å². The Labute approximate surface area is 224 Å². The molecule has 12 heteroatoms. The maximum Gasteiger partial charge on any atom is 0.410 e. The molecular weight excluding hydrogens is 599 g/mol. The highest BCUT2D eigenvalue weighted by molar-refractivity contribution is 14.1. The molecule has 36 heavy (non-hydrogen) atoms. The van der Waals surface area contributed by atoms with Crippen LogP contribution in [-0.2, 0) is 22.7 Å². The van der Waals surface area contributed by atoms with E-state index in [4.69, 9.17) is 9.47 Å². The van der Waals surface area contributed by atoms with Crippen LogP contribution in [0, 0.1) is 15.3 Å². The summed E-state index contributed by atoms with van der Waals surface area (Å²) >= 11 is 2.03. The molecule has 0 fully saturated rings. The lowest BCUT2D eigenvalue weighted by Gasteiger charge is -2.24. The molecule has 0 radical (unpaired) electrons. The number of ether oxygens (including phenoxy) is 2. The van der Waals surface area contributed by atoms with E-state index in [1.165, 1.54) is 30.3 Å². The van der Waals surface area contributed by atoms with Gasteiger partial charge in [0.05, 0.1) is 11.8 Å². The number of carbonyl (C=O) groups excluding carboxylic acids is 1. The number of benzene rings is 1. The molecule has 3 rings (SSSR count). The van der Waals surface area contributed by atoms with Gasteiger partial charge in [-0.1, -0.05) is 19.6 Å². The van der Waals surface area contributed by atoms with Crippen molar-refractivity contribution < 1.29 is 23.0 Å². The molecule has 196 valence electrons. The molecule has 8 nitrogen and oxygen atoms in total. The minimum absolute atomic E-state index is 0.0225. The molecule has 3 aromatic rings. The Kier molecular flexibility index (Phi) is 8.71. The first-order valence-corrected chi connectivity index (χ1v) is 16.3. The van der Waals surface area contributed by atoms with Gasteiger partial charge >= 0.3 is 6.09 Å². The van der Waals surface area contributed by atoms with Crippen molar-refractivity contribution in [1.29, 1.82) is 0 Å². The van der Waals surface area contributed by atoms with Gasteiger partial charge in [0, 0.05) is 28.3 Å². The first-order chi connectivity index (χ1) is 16.6. The van der Waals surface area contributed by atoms with Crippen molar-refractivity contribution in [2.24, 2.45) is 0 Å². The van der Waals surface area contributed by atoms with E-state index in [1.807, 2.05) is 22.6 Å². The van der Waals surface area contributed by atoms with E-state index >= 15 is 8.78 Å². The van der Waals surface area contributed by atoms with Crippen LogP contribution in [0.3, 0.4) is 0 Å². The third kappa shape index (κ3) is 7.41. The van der Waals surface area contributed by atoms with Crippen LogP contribution in [0.1, 0.15) is 26.3 Å². The summed E-state index contributed by atoms with van der Waals surface area (Å²) in [6.07, 6.45) is 0.912. The van der Waals surface area contributed by atoms with Crippen LogP contribution in [-0.4, -0.2) is 58.1 Å². The monoisotopic (exact) mass is 631 g/mol. The Bertz CT molecular complexity index is 1230. The van der Waals surface area contributed by atoms with Crippen LogP contribution in [0.25, 0.3) is 22.4 Å². The molecule has 2 aromatic heterocycles. The number of rotatable bonds is 8. The van der Waals surface area contributed by atoms with Gasteiger partial charge in [0.15, 0.2) is 5.82 Å². The van der Waals surface area contributed by atoms with Crippen molar-refractivity contribution in [2.45, 2.75) is 65.3 Å². The first kappa shape index (κ1) is 28.4. The summed E-state index contributed by atoms with van der Waals surface area (Å²) < 4.78 is 43.4. The zero-order valence-electron chi connectivity index (χ0n) is 21.7. The van der Waals surface area contributed by atoms with Gasteiger partial charge in [0.25, 0.3) is 0 Å². The largest absolute Gasteiger partial charge is 0.444 e. The number of halogens is 3. The van der Waals surface area contributed by atoms with Crippen molar-refractivity contribution in [1.82, 2.24) is 24.6 Å². The Hall–Kier alpha value is -2.19. The summed E-state index contributed by atoms with van der Waals surface area (Å²) in [5.41, 5.74) is 0.374. The summed E-state index contributed by atoms with van der Waals surface area (Å²) in [5, 5.41) is 4.44. The molecule has 2 heterocycles. The van der Waals surface area contributed by atoms with E-state index in [-0.39, 0.29) is 30.2 Å². The van der Waals surface area contributed by atoms with Gasteiger partial charge in [-0.2, -0.15) is 5.10 Å². The van der Waals surface area contributed by atoms with Gasteiger partial charge in [-0.05, 0) is 67.1 Å². The van der Waals surface area contributed by atoms with Gasteiger partial charge in [0.2, 0.25) is 0 Å². The minimum Gasteiger partial charge on any atom is -0.444 e. The van der Waals surface area contributed by atoms with E-state index in [0.717, 1.165) is 6.04 Å². The Morgan fingerprint density at radius 2 is 1.83 bits per heavy atom. The number of nitrogens with zero attached hydrogens (tertiary/aromatic N) is 5. The molecule has 0 bridgehead atoms. The summed E-state index contributed by atoms with van der Waals surface area (Å²) in [6, 6.07) is 3.38. The van der Waals surface area contributed by atoms with Crippen LogP contribution in [0.5, 0.6) is 0 Å². The van der Waals surface area contributed by atoms with Gasteiger partial charge in [0.1, 0.15) is 38.7 Å². The molecule has 0 N–H and O–H groups in total. The second-order valence-corrected chi connectivity index (χ2v) is 17.5. The SMILES string of the molecule is CN(Cc1cc(F)c(-c2ncc3c(n2)c(I)nn3COCC[Si](C)(C)C)c(F)c1)C(=O)OC(C)(C)C. The van der Waals surface area contributed by atoms with E-state index < -0.39 is 31.4 Å². The highest BCUT2D eigenvalue weighted by Crippen LogP contribution is 2.28. The maximum absolute atomic E-state index is 15.0. The minimum atomic E-state index is -1.21. The van der Waals surface area contributed by atoms with Crippen molar-refractivity contribution in [3.63, 3.8) is 0 Å². The Balaban J connectivity index is 1.80. The average Bonchev–Trinajstić information content (AvgIpc) is 3.04. The number of hydrogen-bond acceptors (Lipinski definition) is 6. The number of hydrogen-bond donors (Lipinski definition) is 0. The standard InChI is InChI=1S/C24H32F2IN5O3Si/c1-24(2,3)35-23(33)31(4)13-15-10-16(25)19(17(26)11-15)22-28-12-18-20(29-22)21(27)30-32(18)14-34-8-9-36(5,6)7/h10-12H,8-9,13-14H2,1-7H3. The summed E-state index contributed by atoms with van der Waals surface area (Å²) in [4.78, 5) is 22.1. The van der Waals surface area contributed by atoms with Crippen molar-refractivity contribution >= 4 is 47.8 Å². The second-order valence-electron chi connectivity index (χ2n) is 10.8. The lowest BCUT2D eigenvalue weighted by atomic mass is 10.1. The van der Waals surface area contributed by atoms with E-state index in [1.54, 1.807) is 25.5 Å². The third-order valence-corrected chi connectivity index (χ3v) is 7.54. The molecule has 0 saturated carbocycles. The summed E-state index contributed by atoms with van der Waals surface area (Å²) in [7, 11) is 0.297. The first-order valence-electron chi connectivity index (χ1n) is 11.5. The van der Waals surface area contributed by atoms with Gasteiger partial charge < -0.3 is 14.4 Å². The van der Waals surface area contributed by atoms with Crippen LogP contribution in [0.2, 0.25) is 25.7 Å².